The SMILES string of the molecule is CCc1ccc(C(=O)Oc2ccc(-c3ccc(-c4ccc(C)cc4)c(F)c3F)cc2)c(F)c1F. The van der Waals surface area contributed by atoms with E-state index < -0.39 is 34.8 Å². The molecule has 172 valence electrons. The molecule has 0 amide bonds. The fourth-order valence-corrected chi connectivity index (χ4v) is 3.61. The monoisotopic (exact) mass is 464 g/mol. The number of carbonyl (C=O) groups excluding carboxylic acids is 1. The summed E-state index contributed by atoms with van der Waals surface area (Å²) in [5, 5.41) is 0. The number of carbonyl (C=O) groups is 1. The summed E-state index contributed by atoms with van der Waals surface area (Å²) >= 11 is 0. The van der Waals surface area contributed by atoms with Crippen LogP contribution < -0.4 is 4.74 Å². The number of aryl methyl sites for hydroxylation is 2. The lowest BCUT2D eigenvalue weighted by Gasteiger charge is -2.11. The van der Waals surface area contributed by atoms with Crippen LogP contribution in [-0.2, 0) is 6.42 Å². The lowest BCUT2D eigenvalue weighted by molar-refractivity contribution is 0.0728. The van der Waals surface area contributed by atoms with Crippen molar-refractivity contribution in [3.63, 3.8) is 0 Å². The first-order valence-electron chi connectivity index (χ1n) is 10.6. The number of benzene rings is 4. The molecule has 0 spiro atoms. The molecule has 4 aromatic carbocycles. The van der Waals surface area contributed by atoms with E-state index in [9.17, 15) is 22.4 Å². The Morgan fingerprint density at radius 3 is 1.74 bits per heavy atom. The highest BCUT2D eigenvalue weighted by Crippen LogP contribution is 2.32. The van der Waals surface area contributed by atoms with Gasteiger partial charge in [-0.25, -0.2) is 22.4 Å². The Labute approximate surface area is 194 Å². The number of esters is 1. The van der Waals surface area contributed by atoms with Gasteiger partial charge in [0, 0.05) is 11.1 Å². The summed E-state index contributed by atoms with van der Waals surface area (Å²) in [7, 11) is 0. The Morgan fingerprint density at radius 1 is 0.676 bits per heavy atom. The Hall–Kier alpha value is -3.93. The lowest BCUT2D eigenvalue weighted by atomic mass is 9.98. The molecule has 0 fully saturated rings. The zero-order chi connectivity index (χ0) is 24.4. The summed E-state index contributed by atoms with van der Waals surface area (Å²) < 4.78 is 62.9. The van der Waals surface area contributed by atoms with Crippen LogP contribution in [0.5, 0.6) is 5.75 Å². The minimum Gasteiger partial charge on any atom is -0.423 e. The molecule has 0 heterocycles. The molecule has 4 aromatic rings. The van der Waals surface area contributed by atoms with Gasteiger partial charge in [0.25, 0.3) is 0 Å². The van der Waals surface area contributed by atoms with Gasteiger partial charge in [-0.1, -0.05) is 67.1 Å². The van der Waals surface area contributed by atoms with Crippen molar-refractivity contribution in [3.8, 4) is 28.0 Å². The van der Waals surface area contributed by atoms with E-state index in [1.165, 1.54) is 48.5 Å². The van der Waals surface area contributed by atoms with Crippen LogP contribution in [0.4, 0.5) is 17.6 Å². The van der Waals surface area contributed by atoms with E-state index in [-0.39, 0.29) is 28.9 Å². The Kier molecular flexibility index (Phi) is 6.50. The van der Waals surface area contributed by atoms with Crippen molar-refractivity contribution < 1.29 is 27.1 Å². The van der Waals surface area contributed by atoms with Crippen LogP contribution in [0.15, 0.2) is 72.8 Å². The topological polar surface area (TPSA) is 26.3 Å². The maximum atomic E-state index is 14.9. The maximum Gasteiger partial charge on any atom is 0.346 e. The molecule has 0 N–H and O–H groups in total. The zero-order valence-electron chi connectivity index (χ0n) is 18.5. The quantitative estimate of drug-likeness (QED) is 0.172. The average molecular weight is 464 g/mol. The van der Waals surface area contributed by atoms with Crippen molar-refractivity contribution in [2.75, 3.05) is 0 Å². The highest BCUT2D eigenvalue weighted by atomic mass is 19.2. The highest BCUT2D eigenvalue weighted by Gasteiger charge is 2.20. The largest absolute Gasteiger partial charge is 0.423 e. The third-order valence-corrected chi connectivity index (χ3v) is 5.58. The standard InChI is InChI=1S/C28H20F4O2/c1-3-17-10-13-23(27(32)24(17)29)28(33)34-20-11-8-19(9-12-20)22-15-14-21(25(30)26(22)31)18-6-4-16(2)5-7-18/h4-15H,3H2,1-2H3. The van der Waals surface area contributed by atoms with Crippen LogP contribution in [0.2, 0.25) is 0 Å². The molecule has 0 aromatic heterocycles. The molecular formula is C28H20F4O2. The zero-order valence-corrected chi connectivity index (χ0v) is 18.5. The van der Waals surface area contributed by atoms with Crippen LogP contribution in [0, 0.1) is 30.2 Å². The van der Waals surface area contributed by atoms with E-state index >= 15 is 0 Å². The van der Waals surface area contributed by atoms with Crippen molar-refractivity contribution in [3.05, 3.63) is 113 Å². The van der Waals surface area contributed by atoms with Gasteiger partial charge in [0.15, 0.2) is 23.3 Å². The van der Waals surface area contributed by atoms with E-state index in [1.807, 2.05) is 19.1 Å². The second-order valence-electron chi connectivity index (χ2n) is 7.82. The molecule has 0 saturated carbocycles. The van der Waals surface area contributed by atoms with Gasteiger partial charge in [0.2, 0.25) is 0 Å². The van der Waals surface area contributed by atoms with Crippen molar-refractivity contribution >= 4 is 5.97 Å². The molecule has 0 aliphatic heterocycles. The van der Waals surface area contributed by atoms with E-state index in [0.29, 0.717) is 11.1 Å². The second kappa shape index (κ2) is 9.51. The van der Waals surface area contributed by atoms with Gasteiger partial charge in [-0.05, 0) is 48.2 Å². The highest BCUT2D eigenvalue weighted by molar-refractivity contribution is 5.91. The number of hydrogen-bond donors (Lipinski definition) is 0. The first kappa shape index (κ1) is 23.2. The van der Waals surface area contributed by atoms with Gasteiger partial charge in [0.1, 0.15) is 5.75 Å². The summed E-state index contributed by atoms with van der Waals surface area (Å²) in [6, 6.07) is 18.2. The maximum absolute atomic E-state index is 14.9. The molecular weight excluding hydrogens is 444 g/mol. The van der Waals surface area contributed by atoms with Gasteiger partial charge in [-0.3, -0.25) is 0 Å². The first-order valence-corrected chi connectivity index (χ1v) is 10.6. The number of rotatable bonds is 5. The van der Waals surface area contributed by atoms with Crippen LogP contribution >= 0.6 is 0 Å². The minimum atomic E-state index is -1.27. The number of hydrogen-bond acceptors (Lipinski definition) is 2. The molecule has 4 rings (SSSR count). The minimum absolute atomic E-state index is 0.0366. The first-order chi connectivity index (χ1) is 16.3. The van der Waals surface area contributed by atoms with E-state index in [1.54, 1.807) is 19.1 Å². The predicted octanol–water partition coefficient (Wildman–Crippen LogP) is 7.67. The lowest BCUT2D eigenvalue weighted by Crippen LogP contribution is -2.12. The van der Waals surface area contributed by atoms with Crippen LogP contribution in [0.1, 0.15) is 28.4 Å². The van der Waals surface area contributed by atoms with E-state index in [2.05, 4.69) is 0 Å². The number of halogens is 4. The van der Waals surface area contributed by atoms with Gasteiger partial charge >= 0.3 is 5.97 Å². The van der Waals surface area contributed by atoms with Crippen LogP contribution in [0.3, 0.4) is 0 Å². The molecule has 6 heteroatoms. The molecule has 0 unspecified atom stereocenters. The Morgan fingerprint density at radius 2 is 1.21 bits per heavy atom. The molecule has 34 heavy (non-hydrogen) atoms. The summed E-state index contributed by atoms with van der Waals surface area (Å²) in [5.74, 6) is -5.34. The molecule has 0 bridgehead atoms. The number of ether oxygens (including phenoxy) is 1. The molecule has 0 saturated heterocycles. The van der Waals surface area contributed by atoms with Gasteiger partial charge in [-0.2, -0.15) is 0 Å². The fourth-order valence-electron chi connectivity index (χ4n) is 3.61. The van der Waals surface area contributed by atoms with E-state index in [4.69, 9.17) is 4.74 Å². The van der Waals surface area contributed by atoms with Gasteiger partial charge in [0.05, 0.1) is 5.56 Å². The van der Waals surface area contributed by atoms with E-state index in [0.717, 1.165) is 5.56 Å². The molecule has 0 atom stereocenters. The molecule has 0 aliphatic rings. The van der Waals surface area contributed by atoms with Gasteiger partial charge in [-0.15, -0.1) is 0 Å². The van der Waals surface area contributed by atoms with Crippen molar-refractivity contribution in [1.29, 1.82) is 0 Å². The molecule has 0 aliphatic carbocycles. The summed E-state index contributed by atoms with van der Waals surface area (Å²) in [5.41, 5.74) is 1.74. The third-order valence-electron chi connectivity index (χ3n) is 5.58. The predicted molar refractivity (Wildman–Crippen MR) is 123 cm³/mol. The summed E-state index contributed by atoms with van der Waals surface area (Å²) in [6.07, 6.45) is 0.280. The molecule has 0 radical (unpaired) electrons. The summed E-state index contributed by atoms with van der Waals surface area (Å²) in [4.78, 5) is 12.3. The third kappa shape index (κ3) is 4.44. The fraction of sp³-hybridized carbons (Fsp3) is 0.107. The smallest absolute Gasteiger partial charge is 0.346 e. The average Bonchev–Trinajstić information content (AvgIpc) is 2.84. The Balaban J connectivity index is 1.56. The summed E-state index contributed by atoms with van der Waals surface area (Å²) in [6.45, 7) is 3.57. The normalized spacial score (nSPS) is 10.9. The van der Waals surface area contributed by atoms with Crippen LogP contribution in [-0.4, -0.2) is 5.97 Å². The molecule has 2 nitrogen and oxygen atoms in total. The second-order valence-corrected chi connectivity index (χ2v) is 7.82. The van der Waals surface area contributed by atoms with Crippen molar-refractivity contribution in [1.82, 2.24) is 0 Å². The van der Waals surface area contributed by atoms with Crippen LogP contribution in [0.25, 0.3) is 22.3 Å². The Bertz CT molecular complexity index is 1360. The van der Waals surface area contributed by atoms with Crippen molar-refractivity contribution in [2.45, 2.75) is 20.3 Å². The van der Waals surface area contributed by atoms with Crippen molar-refractivity contribution in [2.24, 2.45) is 0 Å². The van der Waals surface area contributed by atoms with Gasteiger partial charge < -0.3 is 4.74 Å².